The average molecular weight is 397 g/mol. The Morgan fingerprint density at radius 3 is 2.61 bits per heavy atom. The van der Waals surface area contributed by atoms with Gasteiger partial charge in [0, 0.05) is 31.3 Å². The lowest BCUT2D eigenvalue weighted by molar-refractivity contribution is 0.00864. The van der Waals surface area contributed by atoms with Crippen LogP contribution in [0.25, 0.3) is 11.1 Å². The molecule has 0 aliphatic carbocycles. The summed E-state index contributed by atoms with van der Waals surface area (Å²) in [6, 6.07) is 12.3. The van der Waals surface area contributed by atoms with E-state index in [4.69, 9.17) is 9.26 Å². The van der Waals surface area contributed by atoms with Crippen molar-refractivity contribution in [1.29, 1.82) is 0 Å². The van der Waals surface area contributed by atoms with E-state index in [0.29, 0.717) is 12.4 Å². The fourth-order valence-corrected chi connectivity index (χ4v) is 3.55. The number of nitrogens with zero attached hydrogens (tertiary/aromatic N) is 4. The molecule has 1 aliphatic heterocycles. The summed E-state index contributed by atoms with van der Waals surface area (Å²) in [6.07, 6.45) is 6.03. The van der Waals surface area contributed by atoms with Gasteiger partial charge in [-0.15, -0.1) is 11.8 Å². The Hall–Kier alpha value is -2.38. The number of likely N-dealkylation sites (tertiary alicyclic amines) is 1. The van der Waals surface area contributed by atoms with Crippen molar-refractivity contribution in [2.45, 2.75) is 37.4 Å². The number of aromatic nitrogens is 3. The molecule has 0 bridgehead atoms. The summed E-state index contributed by atoms with van der Waals surface area (Å²) in [5, 5.41) is 5.03. The number of aryl methyl sites for hydroxylation is 1. The van der Waals surface area contributed by atoms with Crippen LogP contribution in [0.3, 0.4) is 0 Å². The number of pyridine rings is 1. The van der Waals surface area contributed by atoms with Crippen LogP contribution < -0.4 is 4.74 Å². The minimum Gasteiger partial charge on any atom is -0.488 e. The summed E-state index contributed by atoms with van der Waals surface area (Å²) in [7, 11) is 0. The average Bonchev–Trinajstić information content (AvgIpc) is 3.14. The van der Waals surface area contributed by atoms with E-state index in [9.17, 15) is 0 Å². The highest BCUT2D eigenvalue weighted by molar-refractivity contribution is 7.98. The van der Waals surface area contributed by atoms with Crippen molar-refractivity contribution in [1.82, 2.24) is 20.0 Å². The number of thioether (sulfide) groups is 1. The second-order valence-electron chi connectivity index (χ2n) is 6.90. The molecule has 0 radical (unpaired) electrons. The third-order valence-electron chi connectivity index (χ3n) is 4.70. The van der Waals surface area contributed by atoms with Crippen molar-refractivity contribution >= 4 is 11.8 Å². The molecule has 1 aromatic carbocycles. The Labute approximate surface area is 169 Å². The number of hydrogen-bond acceptors (Lipinski definition) is 7. The van der Waals surface area contributed by atoms with Crippen LogP contribution in [0.5, 0.6) is 5.75 Å². The Balaban J connectivity index is 1.26. The molecule has 6 nitrogen and oxygen atoms in total. The van der Waals surface area contributed by atoms with Gasteiger partial charge in [0.15, 0.2) is 5.82 Å². The minimum absolute atomic E-state index is 0.200. The molecule has 146 valence electrons. The Morgan fingerprint density at radius 2 is 1.93 bits per heavy atom. The molecule has 0 saturated carbocycles. The van der Waals surface area contributed by atoms with Crippen molar-refractivity contribution in [2.75, 3.05) is 19.3 Å². The lowest BCUT2D eigenvalue weighted by Gasteiger charge is -2.38. The maximum atomic E-state index is 6.06. The first-order chi connectivity index (χ1) is 13.7. The first-order valence-electron chi connectivity index (χ1n) is 9.54. The van der Waals surface area contributed by atoms with Crippen LogP contribution in [0.2, 0.25) is 0 Å². The summed E-state index contributed by atoms with van der Waals surface area (Å²) >= 11 is 1.65. The largest absolute Gasteiger partial charge is 0.488 e. The van der Waals surface area contributed by atoms with Crippen LogP contribution in [0.4, 0.5) is 0 Å². The van der Waals surface area contributed by atoms with E-state index in [1.165, 1.54) is 0 Å². The molecule has 0 unspecified atom stereocenters. The van der Waals surface area contributed by atoms with Crippen LogP contribution >= 0.6 is 11.8 Å². The minimum atomic E-state index is 0.200. The maximum absolute atomic E-state index is 6.06. The van der Waals surface area contributed by atoms with Crippen molar-refractivity contribution in [3.8, 4) is 16.9 Å². The van der Waals surface area contributed by atoms with E-state index >= 15 is 0 Å². The highest BCUT2D eigenvalue weighted by atomic mass is 32.2. The Kier molecular flexibility index (Phi) is 5.92. The molecule has 0 amide bonds. The second kappa shape index (κ2) is 8.75. The first-order valence-corrected chi connectivity index (χ1v) is 10.8. The van der Waals surface area contributed by atoms with Crippen LogP contribution in [0.15, 0.2) is 52.1 Å². The number of benzene rings is 1. The fraction of sp³-hybridized carbons (Fsp3) is 0.381. The topological polar surface area (TPSA) is 64.3 Å². The molecule has 7 heteroatoms. The number of rotatable bonds is 8. The molecular weight excluding hydrogens is 372 g/mol. The van der Waals surface area contributed by atoms with Gasteiger partial charge in [-0.05, 0) is 36.4 Å². The zero-order chi connectivity index (χ0) is 19.3. The fourth-order valence-electron chi connectivity index (χ4n) is 3.19. The summed E-state index contributed by atoms with van der Waals surface area (Å²) in [4.78, 5) is 11.1. The third kappa shape index (κ3) is 4.54. The second-order valence-corrected chi connectivity index (χ2v) is 7.73. The summed E-state index contributed by atoms with van der Waals surface area (Å²) < 4.78 is 11.4. The molecule has 3 aromatic rings. The van der Waals surface area contributed by atoms with Crippen molar-refractivity contribution in [3.05, 3.63) is 54.3 Å². The van der Waals surface area contributed by atoms with Crippen LogP contribution in [0, 0.1) is 0 Å². The standard InChI is InChI=1S/C21H24N4O2S/c1-3-4-19-23-20(27-24-19)14-25-12-18(13-25)26-17-8-5-15(6-9-17)16-7-10-21(28-2)22-11-16/h5-11,18H,3-4,12-14H2,1-2H3. The van der Waals surface area contributed by atoms with Gasteiger partial charge in [-0.2, -0.15) is 4.98 Å². The van der Waals surface area contributed by atoms with Gasteiger partial charge in [-0.3, -0.25) is 4.90 Å². The molecule has 1 aliphatic rings. The third-order valence-corrected chi connectivity index (χ3v) is 5.36. The molecule has 1 saturated heterocycles. The molecule has 2 aromatic heterocycles. The van der Waals surface area contributed by atoms with Gasteiger partial charge in [-0.25, -0.2) is 4.98 Å². The molecule has 0 N–H and O–H groups in total. The lowest BCUT2D eigenvalue weighted by atomic mass is 10.1. The van der Waals surface area contributed by atoms with Crippen LogP contribution in [-0.4, -0.2) is 45.5 Å². The van der Waals surface area contributed by atoms with E-state index in [0.717, 1.165) is 53.7 Å². The first kappa shape index (κ1) is 19.0. The molecular formula is C21H24N4O2S. The SMILES string of the molecule is CCCc1noc(CN2CC(Oc3ccc(-c4ccc(SC)nc4)cc3)C2)n1. The zero-order valence-electron chi connectivity index (χ0n) is 16.2. The molecule has 28 heavy (non-hydrogen) atoms. The van der Waals surface area contributed by atoms with Gasteiger partial charge < -0.3 is 9.26 Å². The van der Waals surface area contributed by atoms with E-state index in [1.54, 1.807) is 11.8 Å². The van der Waals surface area contributed by atoms with Crippen LogP contribution in [-0.2, 0) is 13.0 Å². The normalized spacial score (nSPS) is 14.8. The summed E-state index contributed by atoms with van der Waals surface area (Å²) in [5.41, 5.74) is 2.25. The summed E-state index contributed by atoms with van der Waals surface area (Å²) in [5.74, 6) is 2.38. The maximum Gasteiger partial charge on any atom is 0.240 e. The monoisotopic (exact) mass is 396 g/mol. The van der Waals surface area contributed by atoms with E-state index in [1.807, 2.05) is 30.7 Å². The van der Waals surface area contributed by atoms with Crippen molar-refractivity contribution in [3.63, 3.8) is 0 Å². The zero-order valence-corrected chi connectivity index (χ0v) is 17.0. The van der Waals surface area contributed by atoms with Crippen LogP contribution in [0.1, 0.15) is 25.1 Å². The Bertz CT molecular complexity index is 890. The van der Waals surface area contributed by atoms with Crippen molar-refractivity contribution in [2.24, 2.45) is 0 Å². The highest BCUT2D eigenvalue weighted by Crippen LogP contribution is 2.25. The van der Waals surface area contributed by atoms with E-state index in [-0.39, 0.29) is 6.10 Å². The quantitative estimate of drug-likeness (QED) is 0.532. The molecule has 1 fully saturated rings. The van der Waals surface area contributed by atoms with E-state index in [2.05, 4.69) is 45.1 Å². The molecule has 0 atom stereocenters. The predicted octanol–water partition coefficient (Wildman–Crippen LogP) is 4.07. The van der Waals surface area contributed by atoms with E-state index < -0.39 is 0 Å². The summed E-state index contributed by atoms with van der Waals surface area (Å²) in [6.45, 7) is 4.53. The van der Waals surface area contributed by atoms with Gasteiger partial charge >= 0.3 is 0 Å². The predicted molar refractivity (Wildman–Crippen MR) is 109 cm³/mol. The number of hydrogen-bond donors (Lipinski definition) is 0. The Morgan fingerprint density at radius 1 is 1.14 bits per heavy atom. The molecule has 0 spiro atoms. The van der Waals surface area contributed by atoms with Gasteiger partial charge in [0.05, 0.1) is 11.6 Å². The molecule has 3 heterocycles. The molecule has 4 rings (SSSR count). The highest BCUT2D eigenvalue weighted by Gasteiger charge is 2.29. The van der Waals surface area contributed by atoms with Gasteiger partial charge in [0.1, 0.15) is 11.9 Å². The van der Waals surface area contributed by atoms with Gasteiger partial charge in [0.25, 0.3) is 0 Å². The van der Waals surface area contributed by atoms with Gasteiger partial charge in [0.2, 0.25) is 5.89 Å². The number of ether oxygens (including phenoxy) is 1. The van der Waals surface area contributed by atoms with Crippen molar-refractivity contribution < 1.29 is 9.26 Å². The lowest BCUT2D eigenvalue weighted by Crippen LogP contribution is -2.53. The van der Waals surface area contributed by atoms with Gasteiger partial charge in [-0.1, -0.05) is 30.3 Å². The smallest absolute Gasteiger partial charge is 0.240 e.